The van der Waals surface area contributed by atoms with Crippen LogP contribution in [-0.4, -0.2) is 69.7 Å². The Kier molecular flexibility index (Phi) is 4.86. The zero-order chi connectivity index (χ0) is 21.1. The minimum Gasteiger partial charge on any atom is -0.493 e. The second kappa shape index (κ2) is 7.20. The van der Waals surface area contributed by atoms with Crippen LogP contribution in [-0.2, 0) is 5.41 Å². The predicted molar refractivity (Wildman–Crippen MR) is 117 cm³/mol. The fourth-order valence-corrected chi connectivity index (χ4v) is 7.98. The normalized spacial score (nSPS) is 34.4. The summed E-state index contributed by atoms with van der Waals surface area (Å²) in [5, 5.41) is 10.0. The number of hydrogen-bond acceptors (Lipinski definition) is 6. The molecule has 4 atom stereocenters. The van der Waals surface area contributed by atoms with Crippen LogP contribution in [0.2, 0.25) is 0 Å². The summed E-state index contributed by atoms with van der Waals surface area (Å²) in [6.45, 7) is 5.80. The molecule has 3 fully saturated rings. The van der Waals surface area contributed by atoms with Gasteiger partial charge in [0.1, 0.15) is 0 Å². The summed E-state index contributed by atoms with van der Waals surface area (Å²) in [4.78, 5) is 5.33. The third-order valence-corrected chi connectivity index (χ3v) is 8.80. The molecule has 6 nitrogen and oxygen atoms in total. The Morgan fingerprint density at radius 2 is 1.87 bits per heavy atom. The van der Waals surface area contributed by atoms with E-state index in [1.807, 2.05) is 0 Å². The molecule has 1 saturated carbocycles. The Morgan fingerprint density at radius 3 is 2.53 bits per heavy atom. The average Bonchev–Trinajstić information content (AvgIpc) is 3.29. The van der Waals surface area contributed by atoms with Crippen molar-refractivity contribution in [2.75, 3.05) is 52.5 Å². The van der Waals surface area contributed by atoms with Crippen molar-refractivity contribution in [3.8, 4) is 17.2 Å². The highest BCUT2D eigenvalue weighted by Crippen LogP contribution is 2.68. The highest BCUT2D eigenvalue weighted by Gasteiger charge is 2.68. The van der Waals surface area contributed by atoms with Crippen molar-refractivity contribution in [2.24, 2.45) is 5.41 Å². The van der Waals surface area contributed by atoms with Gasteiger partial charge in [-0.25, -0.2) is 0 Å². The van der Waals surface area contributed by atoms with Crippen molar-refractivity contribution in [1.29, 1.82) is 0 Å². The standard InChI is InChI=1S/C24H36N2O4/c1-5-26-18-7-9-23(11-14-27)8-6-12-25-13-10-24(18,22(23)25)16-15-17(28-2)20(29-3)21(30-4)19(16)26/h15,18,22,27H,5-14H2,1-4H3/t18-,22-,23-,24-/m1/s1. The van der Waals surface area contributed by atoms with Gasteiger partial charge in [-0.1, -0.05) is 0 Å². The van der Waals surface area contributed by atoms with Gasteiger partial charge in [0.25, 0.3) is 0 Å². The van der Waals surface area contributed by atoms with Gasteiger partial charge in [0.15, 0.2) is 11.5 Å². The lowest BCUT2D eigenvalue weighted by Crippen LogP contribution is -2.65. The number of ether oxygens (including phenoxy) is 3. The van der Waals surface area contributed by atoms with E-state index in [1.165, 1.54) is 43.5 Å². The molecule has 3 heterocycles. The largest absolute Gasteiger partial charge is 0.493 e. The van der Waals surface area contributed by atoms with Crippen LogP contribution in [0.4, 0.5) is 5.69 Å². The van der Waals surface area contributed by atoms with Crippen LogP contribution < -0.4 is 19.1 Å². The molecular weight excluding hydrogens is 380 g/mol. The number of aliphatic hydroxyl groups is 1. The minimum atomic E-state index is 0.0615. The lowest BCUT2D eigenvalue weighted by molar-refractivity contribution is -0.0451. The number of fused-ring (bicyclic) bond motifs is 1. The Bertz CT molecular complexity index is 826. The average molecular weight is 417 g/mol. The summed E-state index contributed by atoms with van der Waals surface area (Å²) >= 11 is 0. The van der Waals surface area contributed by atoms with Crippen LogP contribution in [0.5, 0.6) is 17.2 Å². The van der Waals surface area contributed by atoms with Crippen LogP contribution >= 0.6 is 0 Å². The topological polar surface area (TPSA) is 54.4 Å². The maximum absolute atomic E-state index is 10.0. The summed E-state index contributed by atoms with van der Waals surface area (Å²) in [6.07, 6.45) is 6.92. The molecule has 0 aromatic heterocycles. The summed E-state index contributed by atoms with van der Waals surface area (Å²) < 4.78 is 17.5. The van der Waals surface area contributed by atoms with Crippen molar-refractivity contribution >= 4 is 5.69 Å². The first-order valence-corrected chi connectivity index (χ1v) is 11.6. The van der Waals surface area contributed by atoms with Gasteiger partial charge >= 0.3 is 0 Å². The highest BCUT2D eigenvalue weighted by molar-refractivity contribution is 5.79. The summed E-state index contributed by atoms with van der Waals surface area (Å²) in [5.74, 6) is 2.25. The molecule has 5 rings (SSSR count). The fraction of sp³-hybridized carbons (Fsp3) is 0.750. The van der Waals surface area contributed by atoms with Crippen LogP contribution in [0.25, 0.3) is 0 Å². The van der Waals surface area contributed by atoms with E-state index in [4.69, 9.17) is 14.2 Å². The minimum absolute atomic E-state index is 0.0615. The zero-order valence-electron chi connectivity index (χ0n) is 18.9. The maximum Gasteiger partial charge on any atom is 0.205 e. The van der Waals surface area contributed by atoms with Gasteiger partial charge in [-0.2, -0.15) is 0 Å². The van der Waals surface area contributed by atoms with Gasteiger partial charge in [0.2, 0.25) is 5.75 Å². The van der Waals surface area contributed by atoms with Crippen LogP contribution in [0, 0.1) is 5.41 Å². The smallest absolute Gasteiger partial charge is 0.205 e. The third-order valence-electron chi connectivity index (χ3n) is 8.80. The molecule has 1 spiro atoms. The molecule has 0 bridgehead atoms. The molecule has 1 aromatic rings. The molecule has 0 radical (unpaired) electrons. The Morgan fingerprint density at radius 1 is 1.07 bits per heavy atom. The lowest BCUT2D eigenvalue weighted by Gasteiger charge is -2.59. The van der Waals surface area contributed by atoms with E-state index in [0.717, 1.165) is 37.4 Å². The Balaban J connectivity index is 1.77. The molecule has 2 saturated heterocycles. The van der Waals surface area contributed by atoms with E-state index in [0.29, 0.717) is 17.8 Å². The molecule has 6 heteroatoms. The highest BCUT2D eigenvalue weighted by atomic mass is 16.5. The monoisotopic (exact) mass is 416 g/mol. The second-order valence-corrected chi connectivity index (χ2v) is 9.55. The van der Waals surface area contributed by atoms with Gasteiger partial charge < -0.3 is 24.2 Å². The molecule has 1 aromatic carbocycles. The zero-order valence-corrected chi connectivity index (χ0v) is 18.9. The predicted octanol–water partition coefficient (Wildman–Crippen LogP) is 3.19. The number of anilines is 1. The van der Waals surface area contributed by atoms with Crippen LogP contribution in [0.3, 0.4) is 0 Å². The van der Waals surface area contributed by atoms with Crippen LogP contribution in [0.15, 0.2) is 6.07 Å². The van der Waals surface area contributed by atoms with Crippen molar-refractivity contribution in [3.05, 3.63) is 11.6 Å². The van der Waals surface area contributed by atoms with Gasteiger partial charge in [0.05, 0.1) is 27.0 Å². The second-order valence-electron chi connectivity index (χ2n) is 9.55. The quantitative estimate of drug-likeness (QED) is 0.769. The van der Waals surface area contributed by atoms with E-state index in [1.54, 1.807) is 21.3 Å². The number of nitrogens with zero attached hydrogens (tertiary/aromatic N) is 2. The molecular formula is C24H36N2O4. The van der Waals surface area contributed by atoms with Crippen molar-refractivity contribution < 1.29 is 19.3 Å². The van der Waals surface area contributed by atoms with Gasteiger partial charge in [0, 0.05) is 30.7 Å². The number of rotatable bonds is 6. The number of aliphatic hydroxyl groups excluding tert-OH is 1. The molecule has 30 heavy (non-hydrogen) atoms. The first-order valence-electron chi connectivity index (χ1n) is 11.6. The fourth-order valence-electron chi connectivity index (χ4n) is 7.98. The van der Waals surface area contributed by atoms with E-state index in [9.17, 15) is 5.11 Å². The van der Waals surface area contributed by atoms with E-state index in [-0.39, 0.29) is 17.4 Å². The number of likely N-dealkylation sites (N-methyl/N-ethyl adjacent to an activating group) is 1. The lowest BCUT2D eigenvalue weighted by atomic mass is 9.52. The van der Waals surface area contributed by atoms with E-state index < -0.39 is 0 Å². The molecule has 0 unspecified atom stereocenters. The summed E-state index contributed by atoms with van der Waals surface area (Å²) in [6, 6.07) is 3.18. The number of methoxy groups -OCH3 is 3. The SMILES string of the molecule is CCN1c2c(cc(OC)c(OC)c2OC)[C@]23CCN4CCC[C@](CCO)(CC[C@@H]12)[C@@H]43. The number of benzene rings is 1. The van der Waals surface area contributed by atoms with E-state index >= 15 is 0 Å². The molecule has 3 aliphatic heterocycles. The first kappa shape index (κ1) is 20.3. The Labute approximate surface area is 180 Å². The van der Waals surface area contributed by atoms with E-state index in [2.05, 4.69) is 22.8 Å². The van der Waals surface area contributed by atoms with Gasteiger partial charge in [-0.15, -0.1) is 0 Å². The van der Waals surface area contributed by atoms with Crippen molar-refractivity contribution in [2.45, 2.75) is 62.9 Å². The first-order chi connectivity index (χ1) is 14.6. The molecule has 0 amide bonds. The molecule has 166 valence electrons. The maximum atomic E-state index is 10.0. The van der Waals surface area contributed by atoms with Crippen molar-refractivity contribution in [1.82, 2.24) is 4.90 Å². The molecule has 1 aliphatic carbocycles. The van der Waals surface area contributed by atoms with Crippen LogP contribution in [0.1, 0.15) is 51.0 Å². The number of piperidine rings is 1. The third kappa shape index (κ3) is 2.32. The molecule has 1 N–H and O–H groups in total. The van der Waals surface area contributed by atoms with Gasteiger partial charge in [-0.05, 0) is 75.6 Å². The summed E-state index contributed by atoms with van der Waals surface area (Å²) in [7, 11) is 5.14. The molecule has 4 aliphatic rings. The van der Waals surface area contributed by atoms with Gasteiger partial charge in [-0.3, -0.25) is 4.90 Å². The summed E-state index contributed by atoms with van der Waals surface area (Å²) in [5.41, 5.74) is 2.85. The van der Waals surface area contributed by atoms with Crippen molar-refractivity contribution in [3.63, 3.8) is 0 Å². The number of hydrogen-bond donors (Lipinski definition) is 1. The Hall–Kier alpha value is -1.66.